The number of para-hydroxylation sites is 1. The number of fused-ring (bicyclic) bond motifs is 4. The fraction of sp³-hybridized carbons (Fsp3) is 0.474. The quantitative estimate of drug-likeness (QED) is 0.816. The molecule has 0 radical (unpaired) electrons. The van der Waals surface area contributed by atoms with E-state index in [1.807, 2.05) is 30.5 Å². The maximum atomic E-state index is 11.8. The summed E-state index contributed by atoms with van der Waals surface area (Å²) in [4.78, 5) is 18.7. The highest BCUT2D eigenvalue weighted by atomic mass is 16.5. The first-order valence-electron chi connectivity index (χ1n) is 8.47. The molecule has 1 aromatic heterocycles. The zero-order valence-electron chi connectivity index (χ0n) is 13.4. The highest BCUT2D eigenvalue weighted by Crippen LogP contribution is 2.40. The van der Waals surface area contributed by atoms with Crippen LogP contribution in [-0.2, 0) is 9.53 Å². The predicted molar refractivity (Wildman–Crippen MR) is 89.0 cm³/mol. The van der Waals surface area contributed by atoms with Gasteiger partial charge in [-0.1, -0.05) is 18.2 Å². The highest BCUT2D eigenvalue weighted by Gasteiger charge is 2.40. The Kier molecular flexibility index (Phi) is 3.77. The van der Waals surface area contributed by atoms with Crippen LogP contribution in [-0.4, -0.2) is 35.0 Å². The van der Waals surface area contributed by atoms with Crippen molar-refractivity contribution in [1.29, 1.82) is 0 Å². The molecule has 23 heavy (non-hydrogen) atoms. The normalized spacial score (nSPS) is 27.8. The molecule has 1 aromatic carbocycles. The van der Waals surface area contributed by atoms with Gasteiger partial charge in [-0.25, -0.2) is 0 Å². The molecule has 2 aromatic rings. The molecule has 0 spiro atoms. The molecule has 0 amide bonds. The summed E-state index contributed by atoms with van der Waals surface area (Å²) in [5.41, 5.74) is 2.04. The molecule has 0 aliphatic carbocycles. The molecule has 4 heterocycles. The lowest BCUT2D eigenvalue weighted by Crippen LogP contribution is -2.51. The van der Waals surface area contributed by atoms with Crippen molar-refractivity contribution in [1.82, 2.24) is 9.88 Å². The standard InChI is InChI=1S/C19H22N2O2/c1-13(22)23-19(18-12-14-7-10-21(18)11-8-14)16-6-9-20-17-5-3-2-4-15(16)17/h2-6,9,14,18-19H,7-8,10-12H2,1H3/t18-,19+/m0/s1. The van der Waals surface area contributed by atoms with Crippen LogP contribution in [0.2, 0.25) is 0 Å². The van der Waals surface area contributed by atoms with Crippen LogP contribution in [0.15, 0.2) is 36.5 Å². The van der Waals surface area contributed by atoms with E-state index in [-0.39, 0.29) is 18.1 Å². The monoisotopic (exact) mass is 310 g/mol. The number of hydrogen-bond donors (Lipinski definition) is 0. The average molecular weight is 310 g/mol. The van der Waals surface area contributed by atoms with Crippen LogP contribution in [0.5, 0.6) is 0 Å². The molecule has 2 atom stereocenters. The minimum Gasteiger partial charge on any atom is -0.456 e. The third-order valence-electron chi connectivity index (χ3n) is 5.32. The molecule has 3 aliphatic rings. The van der Waals surface area contributed by atoms with Crippen molar-refractivity contribution in [3.05, 3.63) is 42.1 Å². The molecule has 4 heteroatoms. The number of carbonyl (C=O) groups excluding carboxylic acids is 1. The second-order valence-electron chi connectivity index (χ2n) is 6.73. The van der Waals surface area contributed by atoms with Crippen molar-refractivity contribution >= 4 is 16.9 Å². The molecule has 3 saturated heterocycles. The summed E-state index contributed by atoms with van der Waals surface area (Å²) < 4.78 is 5.83. The number of pyridine rings is 1. The summed E-state index contributed by atoms with van der Waals surface area (Å²) in [7, 11) is 0. The van der Waals surface area contributed by atoms with Crippen LogP contribution in [0.25, 0.3) is 10.9 Å². The van der Waals surface area contributed by atoms with E-state index in [4.69, 9.17) is 4.74 Å². The maximum Gasteiger partial charge on any atom is 0.303 e. The Morgan fingerprint density at radius 1 is 1.26 bits per heavy atom. The minimum absolute atomic E-state index is 0.205. The Balaban J connectivity index is 1.77. The van der Waals surface area contributed by atoms with E-state index in [1.165, 1.54) is 19.8 Å². The van der Waals surface area contributed by atoms with E-state index in [1.54, 1.807) is 0 Å². The number of nitrogens with zero attached hydrogens (tertiary/aromatic N) is 2. The van der Waals surface area contributed by atoms with Gasteiger partial charge in [-0.3, -0.25) is 14.7 Å². The lowest BCUT2D eigenvalue weighted by Gasteiger charge is -2.48. The van der Waals surface area contributed by atoms with Gasteiger partial charge >= 0.3 is 5.97 Å². The average Bonchev–Trinajstić information content (AvgIpc) is 2.60. The highest BCUT2D eigenvalue weighted by molar-refractivity contribution is 5.82. The minimum atomic E-state index is -0.210. The molecular formula is C19H22N2O2. The summed E-state index contributed by atoms with van der Waals surface area (Å²) in [6.45, 7) is 3.75. The Morgan fingerprint density at radius 2 is 2.04 bits per heavy atom. The van der Waals surface area contributed by atoms with Gasteiger partial charge in [0.1, 0.15) is 6.10 Å². The Morgan fingerprint density at radius 3 is 2.74 bits per heavy atom. The Hall–Kier alpha value is -1.94. The van der Waals surface area contributed by atoms with Gasteiger partial charge in [0.05, 0.1) is 11.6 Å². The van der Waals surface area contributed by atoms with E-state index < -0.39 is 0 Å². The van der Waals surface area contributed by atoms with Crippen molar-refractivity contribution < 1.29 is 9.53 Å². The molecule has 0 N–H and O–H groups in total. The van der Waals surface area contributed by atoms with Crippen LogP contribution in [0, 0.1) is 5.92 Å². The molecule has 0 unspecified atom stereocenters. The fourth-order valence-electron chi connectivity index (χ4n) is 4.22. The Labute approximate surface area is 136 Å². The van der Waals surface area contributed by atoms with Gasteiger partial charge in [0.2, 0.25) is 0 Å². The summed E-state index contributed by atoms with van der Waals surface area (Å²) in [6.07, 6.45) is 5.29. The zero-order valence-corrected chi connectivity index (χ0v) is 13.4. The number of ether oxygens (including phenoxy) is 1. The lowest BCUT2D eigenvalue weighted by atomic mass is 9.79. The Bertz CT molecular complexity index is 717. The SMILES string of the molecule is CC(=O)O[C@H](c1ccnc2ccccc12)[C@@H]1CC2CCN1CC2. The van der Waals surface area contributed by atoms with Gasteiger partial charge in [0, 0.05) is 24.1 Å². The summed E-state index contributed by atoms with van der Waals surface area (Å²) in [5.74, 6) is 0.565. The number of rotatable bonds is 3. The van der Waals surface area contributed by atoms with Crippen molar-refractivity contribution in [2.45, 2.75) is 38.3 Å². The van der Waals surface area contributed by atoms with Crippen LogP contribution in [0.3, 0.4) is 0 Å². The van der Waals surface area contributed by atoms with Gasteiger partial charge in [0.15, 0.2) is 0 Å². The largest absolute Gasteiger partial charge is 0.456 e. The second kappa shape index (κ2) is 5.93. The van der Waals surface area contributed by atoms with Crippen LogP contribution in [0.4, 0.5) is 0 Å². The molecule has 5 rings (SSSR count). The van der Waals surface area contributed by atoms with E-state index in [2.05, 4.69) is 16.0 Å². The molecule has 4 nitrogen and oxygen atoms in total. The van der Waals surface area contributed by atoms with Gasteiger partial charge in [-0.05, 0) is 50.4 Å². The predicted octanol–water partition coefficient (Wildman–Crippen LogP) is 3.32. The number of hydrogen-bond acceptors (Lipinski definition) is 4. The number of carbonyl (C=O) groups is 1. The number of esters is 1. The first kappa shape index (κ1) is 14.6. The second-order valence-corrected chi connectivity index (χ2v) is 6.73. The number of benzene rings is 1. The first-order chi connectivity index (χ1) is 11.2. The van der Waals surface area contributed by atoms with Crippen molar-refractivity contribution in [2.75, 3.05) is 13.1 Å². The van der Waals surface area contributed by atoms with Crippen molar-refractivity contribution in [3.8, 4) is 0 Å². The van der Waals surface area contributed by atoms with Gasteiger partial charge in [-0.2, -0.15) is 0 Å². The smallest absolute Gasteiger partial charge is 0.303 e. The van der Waals surface area contributed by atoms with E-state index in [0.717, 1.165) is 41.9 Å². The van der Waals surface area contributed by atoms with Gasteiger partial charge in [0.25, 0.3) is 0 Å². The van der Waals surface area contributed by atoms with E-state index >= 15 is 0 Å². The number of aromatic nitrogens is 1. The topological polar surface area (TPSA) is 42.4 Å². The third-order valence-corrected chi connectivity index (χ3v) is 5.32. The fourth-order valence-corrected chi connectivity index (χ4v) is 4.22. The first-order valence-corrected chi connectivity index (χ1v) is 8.47. The van der Waals surface area contributed by atoms with E-state index in [9.17, 15) is 4.79 Å². The number of piperidine rings is 3. The van der Waals surface area contributed by atoms with Crippen molar-refractivity contribution in [3.63, 3.8) is 0 Å². The molecule has 120 valence electrons. The molecule has 3 fully saturated rings. The summed E-state index contributed by atoms with van der Waals surface area (Å²) in [6, 6.07) is 10.4. The summed E-state index contributed by atoms with van der Waals surface area (Å²) in [5, 5.41) is 1.09. The zero-order chi connectivity index (χ0) is 15.8. The van der Waals surface area contributed by atoms with Crippen LogP contribution in [0.1, 0.15) is 37.9 Å². The molecular weight excluding hydrogens is 288 g/mol. The van der Waals surface area contributed by atoms with Gasteiger partial charge in [-0.15, -0.1) is 0 Å². The maximum absolute atomic E-state index is 11.8. The summed E-state index contributed by atoms with van der Waals surface area (Å²) >= 11 is 0. The molecule has 2 bridgehead atoms. The van der Waals surface area contributed by atoms with Gasteiger partial charge < -0.3 is 4.74 Å². The molecule has 0 saturated carbocycles. The van der Waals surface area contributed by atoms with E-state index in [0.29, 0.717) is 0 Å². The third kappa shape index (κ3) is 2.72. The van der Waals surface area contributed by atoms with Crippen LogP contribution >= 0.6 is 0 Å². The van der Waals surface area contributed by atoms with Crippen molar-refractivity contribution in [2.24, 2.45) is 5.92 Å². The van der Waals surface area contributed by atoms with Crippen LogP contribution < -0.4 is 0 Å². The lowest BCUT2D eigenvalue weighted by molar-refractivity contribution is -0.153. The molecule has 3 aliphatic heterocycles.